The van der Waals surface area contributed by atoms with Crippen molar-refractivity contribution >= 4 is 11.9 Å². The highest BCUT2D eigenvalue weighted by molar-refractivity contribution is 5.85. The van der Waals surface area contributed by atoms with Crippen molar-refractivity contribution in [2.24, 2.45) is 0 Å². The first kappa shape index (κ1) is 12.4. The Morgan fingerprint density at radius 3 is 2.83 bits per heavy atom. The third-order valence-electron chi connectivity index (χ3n) is 2.82. The molecule has 0 saturated carbocycles. The highest BCUT2D eigenvalue weighted by atomic mass is 16.5. The zero-order valence-corrected chi connectivity index (χ0v) is 9.57. The van der Waals surface area contributed by atoms with Crippen LogP contribution in [0.3, 0.4) is 0 Å². The van der Waals surface area contributed by atoms with Crippen LogP contribution in [0.25, 0.3) is 0 Å². The number of phenols is 1. The number of carbonyl (C=O) groups excluding carboxylic acids is 1. The lowest BCUT2D eigenvalue weighted by Gasteiger charge is -2.32. The first-order valence-electron chi connectivity index (χ1n) is 5.46. The van der Waals surface area contributed by atoms with Crippen LogP contribution in [0.4, 0.5) is 0 Å². The van der Waals surface area contributed by atoms with E-state index in [1.165, 1.54) is 11.0 Å². The van der Waals surface area contributed by atoms with E-state index in [1.807, 2.05) is 0 Å². The maximum Gasteiger partial charge on any atom is 0.328 e. The number of amides is 1. The molecule has 1 aromatic rings. The number of nitrogens with zero attached hydrogens (tertiary/aromatic N) is 1. The van der Waals surface area contributed by atoms with Crippen molar-refractivity contribution in [2.45, 2.75) is 12.6 Å². The first-order valence-corrected chi connectivity index (χ1v) is 5.46. The number of morpholine rings is 1. The van der Waals surface area contributed by atoms with Gasteiger partial charge in [-0.3, -0.25) is 4.79 Å². The van der Waals surface area contributed by atoms with Crippen molar-refractivity contribution in [1.29, 1.82) is 0 Å². The van der Waals surface area contributed by atoms with E-state index in [-0.39, 0.29) is 25.5 Å². The number of benzene rings is 1. The molecule has 1 amide bonds. The molecule has 1 fully saturated rings. The third-order valence-corrected chi connectivity index (χ3v) is 2.82. The molecule has 18 heavy (non-hydrogen) atoms. The first-order chi connectivity index (χ1) is 8.59. The Morgan fingerprint density at radius 1 is 1.44 bits per heavy atom. The molecule has 96 valence electrons. The number of phenolic OH excluding ortho intramolecular Hbond substituents is 1. The zero-order chi connectivity index (χ0) is 13.1. The summed E-state index contributed by atoms with van der Waals surface area (Å²) in [7, 11) is 0. The molecule has 1 atom stereocenters. The topological polar surface area (TPSA) is 87.1 Å². The molecular weight excluding hydrogens is 238 g/mol. The number of carboxylic acid groups (broad SMARTS) is 1. The molecule has 0 aromatic heterocycles. The van der Waals surface area contributed by atoms with Crippen LogP contribution in [0, 0.1) is 0 Å². The van der Waals surface area contributed by atoms with Gasteiger partial charge in [0, 0.05) is 5.56 Å². The van der Waals surface area contributed by atoms with Gasteiger partial charge in [-0.2, -0.15) is 0 Å². The van der Waals surface area contributed by atoms with Crippen LogP contribution in [0.5, 0.6) is 5.75 Å². The second-order valence-electron chi connectivity index (χ2n) is 4.02. The number of aromatic hydroxyl groups is 1. The summed E-state index contributed by atoms with van der Waals surface area (Å²) in [4.78, 5) is 23.9. The standard InChI is InChI=1S/C12H13NO5/c14-10-4-2-1-3-8(10)5-13-9(12(16)17)6-18-7-11(13)15/h1-4,9,14H,5-7H2,(H,16,17). The van der Waals surface area contributed by atoms with Gasteiger partial charge in [0.25, 0.3) is 0 Å². The number of carboxylic acids is 1. The molecule has 6 nitrogen and oxygen atoms in total. The van der Waals surface area contributed by atoms with E-state index >= 15 is 0 Å². The van der Waals surface area contributed by atoms with Crippen molar-refractivity contribution < 1.29 is 24.5 Å². The smallest absolute Gasteiger partial charge is 0.328 e. The molecule has 6 heteroatoms. The van der Waals surface area contributed by atoms with Crippen LogP contribution in [0.2, 0.25) is 0 Å². The Bertz CT molecular complexity index is 473. The molecule has 0 radical (unpaired) electrons. The number of aliphatic carboxylic acids is 1. The molecule has 2 N–H and O–H groups in total. The number of hydrogen-bond acceptors (Lipinski definition) is 4. The SMILES string of the molecule is O=C(O)C1COCC(=O)N1Cc1ccccc1O. The van der Waals surface area contributed by atoms with Crippen LogP contribution in [0.15, 0.2) is 24.3 Å². The highest BCUT2D eigenvalue weighted by Crippen LogP contribution is 2.20. The normalized spacial score (nSPS) is 19.9. The minimum Gasteiger partial charge on any atom is -0.508 e. The van der Waals surface area contributed by atoms with Gasteiger partial charge in [-0.15, -0.1) is 0 Å². The van der Waals surface area contributed by atoms with Gasteiger partial charge in [-0.25, -0.2) is 4.79 Å². The van der Waals surface area contributed by atoms with E-state index in [0.717, 1.165) is 0 Å². The van der Waals surface area contributed by atoms with E-state index in [1.54, 1.807) is 18.2 Å². The van der Waals surface area contributed by atoms with Crippen LogP contribution in [-0.4, -0.2) is 46.2 Å². The summed E-state index contributed by atoms with van der Waals surface area (Å²) in [6, 6.07) is 5.52. The minimum absolute atomic E-state index is 0.0331. The Hall–Kier alpha value is -2.08. The molecule has 0 spiro atoms. The Morgan fingerprint density at radius 2 is 2.17 bits per heavy atom. The summed E-state index contributed by atoms with van der Waals surface area (Å²) in [6.07, 6.45) is 0. The molecule has 2 rings (SSSR count). The predicted octanol–water partition coefficient (Wildman–Crippen LogP) is 0.204. The van der Waals surface area contributed by atoms with Gasteiger partial charge in [0.2, 0.25) is 5.91 Å². The average Bonchev–Trinajstić information content (AvgIpc) is 2.34. The van der Waals surface area contributed by atoms with Crippen molar-refractivity contribution in [1.82, 2.24) is 4.90 Å². The average molecular weight is 251 g/mol. The van der Waals surface area contributed by atoms with Gasteiger partial charge < -0.3 is 19.8 Å². The van der Waals surface area contributed by atoms with E-state index < -0.39 is 17.9 Å². The van der Waals surface area contributed by atoms with E-state index in [9.17, 15) is 14.7 Å². The van der Waals surface area contributed by atoms with Crippen LogP contribution < -0.4 is 0 Å². The predicted molar refractivity (Wildman–Crippen MR) is 60.9 cm³/mol. The zero-order valence-electron chi connectivity index (χ0n) is 9.57. The summed E-state index contributed by atoms with van der Waals surface area (Å²) in [5, 5.41) is 18.7. The van der Waals surface area contributed by atoms with Crippen molar-refractivity contribution in [3.05, 3.63) is 29.8 Å². The monoisotopic (exact) mass is 251 g/mol. The van der Waals surface area contributed by atoms with Gasteiger partial charge in [-0.05, 0) is 6.07 Å². The number of ether oxygens (including phenoxy) is 1. The highest BCUT2D eigenvalue weighted by Gasteiger charge is 2.34. The number of carbonyl (C=O) groups is 2. The molecule has 1 saturated heterocycles. The fourth-order valence-electron chi connectivity index (χ4n) is 1.84. The van der Waals surface area contributed by atoms with Gasteiger partial charge in [0.15, 0.2) is 6.04 Å². The molecule has 1 heterocycles. The lowest BCUT2D eigenvalue weighted by molar-refractivity contribution is -0.163. The van der Waals surface area contributed by atoms with Gasteiger partial charge in [0.1, 0.15) is 12.4 Å². The number of hydrogen-bond donors (Lipinski definition) is 2. The molecule has 1 aliphatic heterocycles. The molecule has 1 unspecified atom stereocenters. The summed E-state index contributed by atoms with van der Waals surface area (Å²) >= 11 is 0. The second-order valence-corrected chi connectivity index (χ2v) is 4.02. The van der Waals surface area contributed by atoms with Crippen LogP contribution in [0.1, 0.15) is 5.56 Å². The van der Waals surface area contributed by atoms with Crippen molar-refractivity contribution in [2.75, 3.05) is 13.2 Å². The fraction of sp³-hybridized carbons (Fsp3) is 0.333. The largest absolute Gasteiger partial charge is 0.508 e. The Kier molecular flexibility index (Phi) is 3.47. The summed E-state index contributed by atoms with van der Waals surface area (Å²) in [6.45, 7) is -0.0993. The van der Waals surface area contributed by atoms with E-state index in [2.05, 4.69) is 0 Å². The van der Waals surface area contributed by atoms with E-state index in [0.29, 0.717) is 5.56 Å². The molecule has 1 aromatic carbocycles. The van der Waals surface area contributed by atoms with Crippen LogP contribution >= 0.6 is 0 Å². The molecular formula is C12H13NO5. The summed E-state index contributed by atoms with van der Waals surface area (Å²) in [5.74, 6) is -1.46. The maximum absolute atomic E-state index is 11.7. The molecule has 0 aliphatic carbocycles. The summed E-state index contributed by atoms with van der Waals surface area (Å²) in [5.41, 5.74) is 0.513. The van der Waals surface area contributed by atoms with Gasteiger partial charge in [0.05, 0.1) is 13.2 Å². The molecule has 1 aliphatic rings. The number of rotatable bonds is 3. The van der Waals surface area contributed by atoms with E-state index in [4.69, 9.17) is 9.84 Å². The van der Waals surface area contributed by atoms with Gasteiger partial charge >= 0.3 is 5.97 Å². The fourth-order valence-corrected chi connectivity index (χ4v) is 1.84. The number of para-hydroxylation sites is 1. The van der Waals surface area contributed by atoms with Crippen molar-refractivity contribution in [3.8, 4) is 5.75 Å². The second kappa shape index (κ2) is 5.05. The quantitative estimate of drug-likeness (QED) is 0.801. The lowest BCUT2D eigenvalue weighted by atomic mass is 10.1. The summed E-state index contributed by atoms with van der Waals surface area (Å²) < 4.78 is 4.92. The lowest BCUT2D eigenvalue weighted by Crippen LogP contribution is -2.52. The molecule has 0 bridgehead atoms. The Labute approximate surface area is 103 Å². The maximum atomic E-state index is 11.7. The third kappa shape index (κ3) is 2.43. The van der Waals surface area contributed by atoms with Crippen LogP contribution in [-0.2, 0) is 20.9 Å². The minimum atomic E-state index is -1.11. The van der Waals surface area contributed by atoms with Gasteiger partial charge in [-0.1, -0.05) is 18.2 Å². The van der Waals surface area contributed by atoms with Crippen molar-refractivity contribution in [3.63, 3.8) is 0 Å². The Balaban J connectivity index is 2.21.